The Kier molecular flexibility index (Phi) is 8.27. The Morgan fingerprint density at radius 3 is 2.41 bits per heavy atom. The molecule has 0 saturated carbocycles. The molecule has 7 nitrogen and oxygen atoms in total. The van der Waals surface area contributed by atoms with Gasteiger partial charge in [-0.1, -0.05) is 26.2 Å². The molecule has 1 saturated heterocycles. The summed E-state index contributed by atoms with van der Waals surface area (Å²) in [5, 5.41) is 38.5. The number of rotatable bonds is 8. The molecule has 130 valence electrons. The highest BCUT2D eigenvalue weighted by Gasteiger charge is 2.47. The van der Waals surface area contributed by atoms with Crippen molar-refractivity contribution in [1.29, 1.82) is 0 Å². The number of unbranched alkanes of at least 4 members (excludes halogenated alkanes) is 3. The summed E-state index contributed by atoms with van der Waals surface area (Å²) in [5.41, 5.74) is 0. The molecule has 1 aliphatic heterocycles. The van der Waals surface area contributed by atoms with Gasteiger partial charge < -0.3 is 29.9 Å². The van der Waals surface area contributed by atoms with E-state index in [1.807, 2.05) is 0 Å². The predicted octanol–water partition coefficient (Wildman–Crippen LogP) is -0.412. The van der Waals surface area contributed by atoms with E-state index in [0.717, 1.165) is 25.7 Å². The lowest BCUT2D eigenvalue weighted by molar-refractivity contribution is -0.241. The molecule has 6 atom stereocenters. The lowest BCUT2D eigenvalue weighted by Crippen LogP contribution is -2.60. The highest BCUT2D eigenvalue weighted by atomic mass is 16.6. The maximum absolute atomic E-state index is 12.0. The van der Waals surface area contributed by atoms with Crippen molar-refractivity contribution in [2.45, 2.75) is 70.1 Å². The average molecular weight is 320 g/mol. The highest BCUT2D eigenvalue weighted by Crippen LogP contribution is 2.26. The van der Waals surface area contributed by atoms with E-state index in [1.165, 1.54) is 6.92 Å². The second kappa shape index (κ2) is 9.42. The molecule has 0 bridgehead atoms. The van der Waals surface area contributed by atoms with E-state index >= 15 is 0 Å². The number of carbonyl (C=O) groups excluding carboxylic acids is 1. The van der Waals surface area contributed by atoms with Gasteiger partial charge in [-0.25, -0.2) is 0 Å². The summed E-state index contributed by atoms with van der Waals surface area (Å²) in [4.78, 5) is 12.0. The smallest absolute Gasteiger partial charge is 0.311 e. The molecule has 0 aromatic rings. The molecule has 0 aromatic carbocycles. The monoisotopic (exact) mass is 320 g/mol. The number of aliphatic hydroxyl groups excluding tert-OH is 4. The van der Waals surface area contributed by atoms with Crippen LogP contribution in [0.5, 0.6) is 0 Å². The molecule has 2 unspecified atom stereocenters. The van der Waals surface area contributed by atoms with Gasteiger partial charge in [0.2, 0.25) is 0 Å². The van der Waals surface area contributed by atoms with Gasteiger partial charge in [0.1, 0.15) is 24.4 Å². The van der Waals surface area contributed by atoms with Crippen LogP contribution in [0.2, 0.25) is 0 Å². The molecule has 0 aromatic heterocycles. The molecule has 1 rings (SSSR count). The Balaban J connectivity index is 2.51. The Morgan fingerprint density at radius 1 is 1.14 bits per heavy atom. The fourth-order valence-corrected chi connectivity index (χ4v) is 2.51. The molecule has 0 spiro atoms. The van der Waals surface area contributed by atoms with Crippen LogP contribution in [0.4, 0.5) is 0 Å². The van der Waals surface area contributed by atoms with Crippen LogP contribution in [-0.2, 0) is 14.3 Å². The normalized spacial score (nSPS) is 33.5. The minimum atomic E-state index is -1.48. The van der Waals surface area contributed by atoms with Crippen LogP contribution in [0.1, 0.15) is 39.5 Å². The molecule has 0 amide bonds. The van der Waals surface area contributed by atoms with E-state index in [4.69, 9.17) is 14.6 Å². The minimum Gasteiger partial charge on any atom is -0.465 e. The van der Waals surface area contributed by atoms with Crippen LogP contribution in [0.25, 0.3) is 0 Å². The molecule has 22 heavy (non-hydrogen) atoms. The van der Waals surface area contributed by atoms with Crippen molar-refractivity contribution in [2.24, 2.45) is 5.92 Å². The summed E-state index contributed by atoms with van der Waals surface area (Å²) in [6.45, 7) is 3.41. The van der Waals surface area contributed by atoms with E-state index in [-0.39, 0.29) is 0 Å². The number of hydrogen-bond acceptors (Lipinski definition) is 7. The van der Waals surface area contributed by atoms with Gasteiger partial charge in [0.05, 0.1) is 25.2 Å². The van der Waals surface area contributed by atoms with Gasteiger partial charge in [0.25, 0.3) is 0 Å². The van der Waals surface area contributed by atoms with E-state index in [0.29, 0.717) is 6.61 Å². The van der Waals surface area contributed by atoms with Crippen LogP contribution in [0.3, 0.4) is 0 Å². The molecule has 1 aliphatic rings. The molecule has 0 radical (unpaired) electrons. The van der Waals surface area contributed by atoms with Crippen LogP contribution in [0, 0.1) is 5.92 Å². The van der Waals surface area contributed by atoms with Crippen molar-refractivity contribution in [1.82, 2.24) is 0 Å². The van der Waals surface area contributed by atoms with Gasteiger partial charge in [-0.15, -0.1) is 0 Å². The Labute approximate surface area is 130 Å². The number of carbonyl (C=O) groups is 1. The number of ether oxygens (including phenoxy) is 2. The quantitative estimate of drug-likeness (QED) is 0.355. The lowest BCUT2D eigenvalue weighted by Gasteiger charge is -2.41. The predicted molar refractivity (Wildman–Crippen MR) is 78.0 cm³/mol. The molecule has 0 aliphatic carbocycles. The zero-order chi connectivity index (χ0) is 16.7. The zero-order valence-corrected chi connectivity index (χ0v) is 13.2. The molecular formula is C15H28O7. The molecule has 4 N–H and O–H groups in total. The molecule has 7 heteroatoms. The third-order valence-corrected chi connectivity index (χ3v) is 4.04. The van der Waals surface area contributed by atoms with Crippen LogP contribution >= 0.6 is 0 Å². The highest BCUT2D eigenvalue weighted by molar-refractivity contribution is 5.72. The van der Waals surface area contributed by atoms with Gasteiger partial charge >= 0.3 is 5.97 Å². The van der Waals surface area contributed by atoms with E-state index < -0.39 is 49.0 Å². The fraction of sp³-hybridized carbons (Fsp3) is 0.933. The van der Waals surface area contributed by atoms with E-state index in [9.17, 15) is 20.1 Å². The van der Waals surface area contributed by atoms with Gasteiger partial charge in [0.15, 0.2) is 0 Å². The van der Waals surface area contributed by atoms with E-state index in [1.54, 1.807) is 0 Å². The summed E-state index contributed by atoms with van der Waals surface area (Å²) >= 11 is 0. The Bertz CT molecular complexity index is 334. The number of hydrogen-bond donors (Lipinski definition) is 4. The fourth-order valence-electron chi connectivity index (χ4n) is 2.51. The maximum atomic E-state index is 12.0. The summed E-state index contributed by atoms with van der Waals surface area (Å²) in [7, 11) is 0. The third-order valence-electron chi connectivity index (χ3n) is 4.04. The first-order chi connectivity index (χ1) is 10.4. The lowest BCUT2D eigenvalue weighted by atomic mass is 9.89. The van der Waals surface area contributed by atoms with Crippen LogP contribution < -0.4 is 0 Å². The summed E-state index contributed by atoms with van der Waals surface area (Å²) in [5.74, 6) is -1.33. The summed E-state index contributed by atoms with van der Waals surface area (Å²) < 4.78 is 10.5. The number of esters is 1. The van der Waals surface area contributed by atoms with Gasteiger partial charge in [-0.3, -0.25) is 4.79 Å². The molecule has 1 heterocycles. The standard InChI is InChI=1S/C15H28O7/c1-3-4-5-6-7-21-15(20)9(2)14-13(19)12(18)11(17)10(8-16)22-14/h9-14,16-19H,3-8H2,1-2H3/t9?,10-,11+,12+,13-,14?/m1/s1. The van der Waals surface area contributed by atoms with Crippen molar-refractivity contribution in [3.63, 3.8) is 0 Å². The summed E-state index contributed by atoms with van der Waals surface area (Å²) in [6, 6.07) is 0. The molecule has 1 fully saturated rings. The van der Waals surface area contributed by atoms with Crippen molar-refractivity contribution in [2.75, 3.05) is 13.2 Å². The maximum Gasteiger partial charge on any atom is 0.311 e. The first-order valence-electron chi connectivity index (χ1n) is 7.91. The topological polar surface area (TPSA) is 116 Å². The van der Waals surface area contributed by atoms with Crippen molar-refractivity contribution in [3.8, 4) is 0 Å². The van der Waals surface area contributed by atoms with Crippen LogP contribution in [0.15, 0.2) is 0 Å². The largest absolute Gasteiger partial charge is 0.465 e. The van der Waals surface area contributed by atoms with Crippen molar-refractivity contribution < 1.29 is 34.7 Å². The SMILES string of the molecule is CCCCCCOC(=O)C(C)C1O[C@H](CO)[C@H](O)[C@H](O)[C@H]1O. The zero-order valence-electron chi connectivity index (χ0n) is 13.2. The van der Waals surface area contributed by atoms with Crippen LogP contribution in [-0.4, -0.2) is 70.1 Å². The first kappa shape index (κ1) is 19.3. The van der Waals surface area contributed by atoms with Crippen molar-refractivity contribution in [3.05, 3.63) is 0 Å². The minimum absolute atomic E-state index is 0.306. The first-order valence-corrected chi connectivity index (χ1v) is 7.91. The van der Waals surface area contributed by atoms with Gasteiger partial charge in [0, 0.05) is 0 Å². The Morgan fingerprint density at radius 2 is 1.82 bits per heavy atom. The van der Waals surface area contributed by atoms with Crippen molar-refractivity contribution >= 4 is 5.97 Å². The second-order valence-corrected chi connectivity index (χ2v) is 5.81. The van der Waals surface area contributed by atoms with Gasteiger partial charge in [-0.2, -0.15) is 0 Å². The van der Waals surface area contributed by atoms with E-state index in [2.05, 4.69) is 6.92 Å². The second-order valence-electron chi connectivity index (χ2n) is 5.81. The molecular weight excluding hydrogens is 292 g/mol. The summed E-state index contributed by atoms with van der Waals surface area (Å²) in [6.07, 6.45) is -2.42. The average Bonchev–Trinajstić information content (AvgIpc) is 2.52. The third kappa shape index (κ3) is 4.89. The van der Waals surface area contributed by atoms with Gasteiger partial charge in [-0.05, 0) is 13.3 Å². The Hall–Kier alpha value is -0.730. The number of aliphatic hydroxyl groups is 4.